The second-order valence-electron chi connectivity index (χ2n) is 7.01. The molecule has 30 heavy (non-hydrogen) atoms. The van der Waals surface area contributed by atoms with Crippen LogP contribution in [0.15, 0.2) is 65.7 Å². The van der Waals surface area contributed by atoms with Gasteiger partial charge in [-0.3, -0.25) is 19.3 Å². The monoisotopic (exact) mass is 415 g/mol. The molecule has 1 aromatic heterocycles. The minimum absolute atomic E-state index is 0.326. The van der Waals surface area contributed by atoms with Crippen LogP contribution in [0.5, 0.6) is 0 Å². The third-order valence-corrected chi connectivity index (χ3v) is 6.41. The normalized spacial score (nSPS) is 14.2. The zero-order valence-corrected chi connectivity index (χ0v) is 17.0. The van der Waals surface area contributed by atoms with E-state index < -0.39 is 17.7 Å². The van der Waals surface area contributed by atoms with Gasteiger partial charge in [0.05, 0.1) is 21.3 Å². The number of nitrogens with zero attached hydrogens (tertiary/aromatic N) is 3. The van der Waals surface area contributed by atoms with Gasteiger partial charge in [0.25, 0.3) is 17.7 Å². The van der Waals surface area contributed by atoms with Crippen LogP contribution >= 0.6 is 11.3 Å². The van der Waals surface area contributed by atoms with Gasteiger partial charge >= 0.3 is 0 Å². The largest absolute Gasteiger partial charge is 0.317 e. The minimum Gasteiger partial charge on any atom is -0.317 e. The van der Waals surface area contributed by atoms with Crippen LogP contribution in [0.1, 0.15) is 27.6 Å². The number of carbonyl (C=O) groups is 3. The SMILES string of the molecule is CCn1c(=NC(=O)CN2C(=O)c3ccccc3C2=O)sc2c3ccccc3ccc21. The first-order chi connectivity index (χ1) is 14.6. The first-order valence-electron chi connectivity index (χ1n) is 9.62. The van der Waals surface area contributed by atoms with Gasteiger partial charge in [-0.1, -0.05) is 53.8 Å². The van der Waals surface area contributed by atoms with E-state index in [9.17, 15) is 14.4 Å². The van der Waals surface area contributed by atoms with E-state index in [1.807, 2.05) is 29.7 Å². The highest BCUT2D eigenvalue weighted by Gasteiger charge is 2.36. The molecule has 1 aliphatic rings. The molecule has 0 saturated carbocycles. The molecule has 2 heterocycles. The first-order valence-corrected chi connectivity index (χ1v) is 10.4. The lowest BCUT2D eigenvalue weighted by molar-refractivity contribution is -0.118. The molecule has 0 N–H and O–H groups in total. The lowest BCUT2D eigenvalue weighted by atomic mass is 10.1. The molecule has 0 atom stereocenters. The maximum Gasteiger partial charge on any atom is 0.268 e. The average molecular weight is 415 g/mol. The highest BCUT2D eigenvalue weighted by atomic mass is 32.1. The Bertz CT molecular complexity index is 1400. The summed E-state index contributed by atoms with van der Waals surface area (Å²) in [6.07, 6.45) is 0. The van der Waals surface area contributed by atoms with Crippen molar-refractivity contribution < 1.29 is 14.4 Å². The van der Waals surface area contributed by atoms with E-state index in [1.165, 1.54) is 11.3 Å². The van der Waals surface area contributed by atoms with Crippen molar-refractivity contribution in [1.29, 1.82) is 0 Å². The number of hydrogen-bond donors (Lipinski definition) is 0. The summed E-state index contributed by atoms with van der Waals surface area (Å²) in [4.78, 5) is 43.5. The fourth-order valence-electron chi connectivity index (χ4n) is 3.85. The summed E-state index contributed by atoms with van der Waals surface area (Å²) in [5, 5.41) is 2.23. The molecule has 0 unspecified atom stereocenters. The van der Waals surface area contributed by atoms with Crippen molar-refractivity contribution in [2.75, 3.05) is 6.54 Å². The van der Waals surface area contributed by atoms with Crippen LogP contribution in [0.2, 0.25) is 0 Å². The minimum atomic E-state index is -0.525. The van der Waals surface area contributed by atoms with Crippen LogP contribution in [0.3, 0.4) is 0 Å². The fraction of sp³-hybridized carbons (Fsp3) is 0.130. The zero-order valence-electron chi connectivity index (χ0n) is 16.2. The van der Waals surface area contributed by atoms with Gasteiger partial charge in [-0.25, -0.2) is 0 Å². The number of aromatic nitrogens is 1. The molecule has 6 nitrogen and oxygen atoms in total. The second-order valence-corrected chi connectivity index (χ2v) is 7.99. The lowest BCUT2D eigenvalue weighted by Gasteiger charge is -2.10. The number of thiazole rings is 1. The molecule has 4 aromatic rings. The Kier molecular flexibility index (Phi) is 4.33. The summed E-state index contributed by atoms with van der Waals surface area (Å²) in [5.41, 5.74) is 1.66. The summed E-state index contributed by atoms with van der Waals surface area (Å²) in [7, 11) is 0. The van der Waals surface area contributed by atoms with Gasteiger partial charge in [0.2, 0.25) is 0 Å². The predicted molar refractivity (Wildman–Crippen MR) is 115 cm³/mol. The highest BCUT2D eigenvalue weighted by Crippen LogP contribution is 2.27. The van der Waals surface area contributed by atoms with E-state index in [2.05, 4.69) is 23.2 Å². The Hall–Kier alpha value is -3.58. The lowest BCUT2D eigenvalue weighted by Crippen LogP contribution is -2.35. The third-order valence-electron chi connectivity index (χ3n) is 5.28. The number of benzene rings is 3. The van der Waals surface area contributed by atoms with Crippen molar-refractivity contribution in [3.63, 3.8) is 0 Å². The van der Waals surface area contributed by atoms with E-state index >= 15 is 0 Å². The van der Waals surface area contributed by atoms with Gasteiger partial charge in [-0.2, -0.15) is 4.99 Å². The van der Waals surface area contributed by atoms with Crippen LogP contribution in [0.25, 0.3) is 21.0 Å². The maximum atomic E-state index is 12.7. The number of carbonyl (C=O) groups excluding carboxylic acids is 3. The molecule has 0 radical (unpaired) electrons. The number of aryl methyl sites for hydroxylation is 1. The smallest absolute Gasteiger partial charge is 0.268 e. The maximum absolute atomic E-state index is 12.7. The molecular formula is C23H17N3O3S. The van der Waals surface area contributed by atoms with Crippen molar-refractivity contribution in [1.82, 2.24) is 9.47 Å². The van der Waals surface area contributed by atoms with E-state index in [1.54, 1.807) is 24.3 Å². The molecule has 5 rings (SSSR count). The molecule has 0 aliphatic carbocycles. The first kappa shape index (κ1) is 18.4. The molecular weight excluding hydrogens is 398 g/mol. The number of amides is 3. The molecule has 3 aromatic carbocycles. The third kappa shape index (κ3) is 2.78. The van der Waals surface area contributed by atoms with Crippen molar-refractivity contribution in [2.24, 2.45) is 4.99 Å². The number of imide groups is 1. The molecule has 0 fully saturated rings. The zero-order chi connectivity index (χ0) is 20.8. The van der Waals surface area contributed by atoms with Crippen LogP contribution in [-0.4, -0.2) is 33.7 Å². The molecule has 0 saturated heterocycles. The van der Waals surface area contributed by atoms with Gasteiger partial charge in [-0.15, -0.1) is 0 Å². The number of hydrogen-bond acceptors (Lipinski definition) is 4. The summed E-state index contributed by atoms with van der Waals surface area (Å²) in [6, 6.07) is 18.8. The van der Waals surface area contributed by atoms with Crippen molar-refractivity contribution in [3.8, 4) is 0 Å². The number of fused-ring (bicyclic) bond motifs is 4. The van der Waals surface area contributed by atoms with E-state index in [4.69, 9.17) is 0 Å². The topological polar surface area (TPSA) is 71.7 Å². The Morgan fingerprint density at radius 2 is 1.60 bits per heavy atom. The Morgan fingerprint density at radius 1 is 0.933 bits per heavy atom. The van der Waals surface area contributed by atoms with Crippen molar-refractivity contribution >= 4 is 50.0 Å². The van der Waals surface area contributed by atoms with E-state index in [0.29, 0.717) is 22.5 Å². The fourth-order valence-corrected chi connectivity index (χ4v) is 5.10. The van der Waals surface area contributed by atoms with E-state index in [0.717, 1.165) is 25.9 Å². The predicted octanol–water partition coefficient (Wildman–Crippen LogP) is 3.60. The van der Waals surface area contributed by atoms with Gasteiger partial charge in [0, 0.05) is 11.9 Å². The van der Waals surface area contributed by atoms with Crippen molar-refractivity contribution in [3.05, 3.63) is 76.6 Å². The summed E-state index contributed by atoms with van der Waals surface area (Å²) in [6.45, 7) is 2.28. The summed E-state index contributed by atoms with van der Waals surface area (Å²) in [5.74, 6) is -1.43. The van der Waals surface area contributed by atoms with Gasteiger partial charge in [0.1, 0.15) is 6.54 Å². The van der Waals surface area contributed by atoms with Gasteiger partial charge < -0.3 is 4.57 Å². The molecule has 3 amide bonds. The van der Waals surface area contributed by atoms with Gasteiger partial charge in [0.15, 0.2) is 4.80 Å². The second kappa shape index (κ2) is 7.03. The van der Waals surface area contributed by atoms with Crippen LogP contribution in [-0.2, 0) is 11.3 Å². The van der Waals surface area contributed by atoms with Crippen LogP contribution < -0.4 is 4.80 Å². The molecule has 7 heteroatoms. The Balaban J connectivity index is 1.54. The standard InChI is InChI=1S/C23H17N3O3S/c1-2-25-18-12-11-14-7-3-4-8-15(14)20(18)30-23(25)24-19(27)13-26-21(28)16-9-5-6-10-17(16)22(26)29/h3-12H,2,13H2,1H3. The van der Waals surface area contributed by atoms with Crippen LogP contribution in [0.4, 0.5) is 0 Å². The molecule has 148 valence electrons. The number of rotatable bonds is 3. The average Bonchev–Trinajstić information content (AvgIpc) is 3.24. The Morgan fingerprint density at radius 3 is 2.30 bits per heavy atom. The van der Waals surface area contributed by atoms with E-state index in [-0.39, 0.29) is 6.54 Å². The van der Waals surface area contributed by atoms with Gasteiger partial charge in [-0.05, 0) is 30.5 Å². The summed E-state index contributed by atoms with van der Waals surface area (Å²) < 4.78 is 3.04. The highest BCUT2D eigenvalue weighted by molar-refractivity contribution is 7.17. The van der Waals surface area contributed by atoms with Crippen LogP contribution in [0, 0.1) is 0 Å². The molecule has 1 aliphatic heterocycles. The molecule has 0 spiro atoms. The molecule has 0 bridgehead atoms. The van der Waals surface area contributed by atoms with Crippen molar-refractivity contribution in [2.45, 2.75) is 13.5 Å². The quantitative estimate of drug-likeness (QED) is 0.480. The Labute approximate surface area is 175 Å². The summed E-state index contributed by atoms with van der Waals surface area (Å²) >= 11 is 1.44.